The normalized spacial score (nSPS) is 12.3. The molecule has 4 aromatic rings. The van der Waals surface area contributed by atoms with E-state index in [-0.39, 0.29) is 0 Å². The van der Waals surface area contributed by atoms with Crippen molar-refractivity contribution in [3.8, 4) is 0 Å². The van der Waals surface area contributed by atoms with E-state index in [1.807, 2.05) is 11.8 Å². The van der Waals surface area contributed by atoms with E-state index < -0.39 is 17.4 Å². The third-order valence-electron chi connectivity index (χ3n) is 5.19. The van der Waals surface area contributed by atoms with E-state index in [9.17, 15) is 0 Å². The Morgan fingerprint density at radius 3 is 1.24 bits per heavy atom. The summed E-state index contributed by atoms with van der Waals surface area (Å²) < 4.78 is 7.29. The van der Waals surface area contributed by atoms with E-state index in [0.29, 0.717) is 0 Å². The van der Waals surface area contributed by atoms with Gasteiger partial charge < -0.3 is 4.12 Å². The predicted molar refractivity (Wildman–Crippen MR) is 128 cm³/mol. The smallest absolute Gasteiger partial charge is 0.278 e. The molecule has 0 bridgehead atoms. The molecule has 0 aliphatic heterocycles. The third-order valence-corrected chi connectivity index (χ3v) is 12.5. The second-order valence-electron chi connectivity index (χ2n) is 6.96. The first-order valence-corrected chi connectivity index (χ1v) is 13.5. The number of benzene rings is 4. The zero-order chi connectivity index (χ0) is 19.9. The molecule has 0 N–H and O–H groups in total. The molecule has 0 aliphatic carbocycles. The molecule has 29 heavy (non-hydrogen) atoms. The molecule has 0 aromatic heterocycles. The maximum atomic E-state index is 7.29. The fourth-order valence-electron chi connectivity index (χ4n) is 3.81. The summed E-state index contributed by atoms with van der Waals surface area (Å²) in [7, 11) is -4.58. The molecule has 3 heteroatoms. The van der Waals surface area contributed by atoms with Crippen LogP contribution in [-0.2, 0) is 4.12 Å². The van der Waals surface area contributed by atoms with Crippen molar-refractivity contribution >= 4 is 38.1 Å². The van der Waals surface area contributed by atoms with Crippen LogP contribution in [0.4, 0.5) is 0 Å². The van der Waals surface area contributed by atoms with Crippen LogP contribution in [-0.4, -0.2) is 17.4 Å². The van der Waals surface area contributed by atoms with Gasteiger partial charge in [-0.3, -0.25) is 0 Å². The first-order chi connectivity index (χ1) is 14.3. The van der Waals surface area contributed by atoms with Crippen LogP contribution in [0.25, 0.3) is 0 Å². The minimum Gasteiger partial charge on any atom is -0.441 e. The van der Waals surface area contributed by atoms with Gasteiger partial charge >= 0.3 is 0 Å². The lowest BCUT2D eigenvalue weighted by molar-refractivity contribution is 0.615. The zero-order valence-electron chi connectivity index (χ0n) is 16.3. The quantitative estimate of drug-likeness (QED) is 0.337. The Labute approximate surface area is 175 Å². The van der Waals surface area contributed by atoms with Crippen molar-refractivity contribution in [3.05, 3.63) is 134 Å². The van der Waals surface area contributed by atoms with Crippen LogP contribution >= 0.6 is 0 Å². The van der Waals surface area contributed by atoms with Gasteiger partial charge in [-0.1, -0.05) is 127 Å². The molecule has 1 unspecified atom stereocenters. The van der Waals surface area contributed by atoms with Crippen LogP contribution in [0.5, 0.6) is 0 Å². The molecule has 1 atom stereocenters. The summed E-state index contributed by atoms with van der Waals surface area (Å²) in [6.45, 7) is 4.16. The van der Waals surface area contributed by atoms with Gasteiger partial charge in [-0.15, -0.1) is 6.58 Å². The Morgan fingerprint density at radius 1 is 0.552 bits per heavy atom. The number of hydrogen-bond acceptors (Lipinski definition) is 1. The molecule has 0 radical (unpaired) electrons. The third kappa shape index (κ3) is 3.94. The summed E-state index contributed by atoms with van der Waals surface area (Å²) in [5.74, 6) is 0. The molecule has 0 saturated heterocycles. The highest BCUT2D eigenvalue weighted by Crippen LogP contribution is 2.12. The highest BCUT2D eigenvalue weighted by molar-refractivity contribution is 7.10. The van der Waals surface area contributed by atoms with Gasteiger partial charge in [0.05, 0.1) is 0 Å². The average Bonchev–Trinajstić information content (AvgIpc) is 2.82. The lowest BCUT2D eigenvalue weighted by Gasteiger charge is -2.36. The van der Waals surface area contributed by atoms with Crippen LogP contribution in [0.15, 0.2) is 134 Å². The Morgan fingerprint density at radius 2 is 0.897 bits per heavy atom. The Balaban J connectivity index is 1.96. The van der Waals surface area contributed by atoms with Crippen molar-refractivity contribution in [2.75, 3.05) is 0 Å². The maximum Gasteiger partial charge on any atom is 0.278 e. The van der Waals surface area contributed by atoms with Crippen molar-refractivity contribution in [1.82, 2.24) is 0 Å². The molecule has 0 amide bonds. The van der Waals surface area contributed by atoms with Crippen molar-refractivity contribution in [2.45, 2.75) is 0 Å². The Hall–Kier alpha value is -2.99. The predicted octanol–water partition coefficient (Wildman–Crippen LogP) is 3.03. The van der Waals surface area contributed by atoms with Gasteiger partial charge in [0.15, 0.2) is 0 Å². The highest BCUT2D eigenvalue weighted by atomic mass is 28.4. The Kier molecular flexibility index (Phi) is 6.01. The van der Waals surface area contributed by atoms with Crippen molar-refractivity contribution < 1.29 is 4.12 Å². The minimum absolute atomic E-state index is 1.25. The highest BCUT2D eigenvalue weighted by Gasteiger charge is 2.43. The van der Waals surface area contributed by atoms with E-state index in [0.717, 1.165) is 0 Å². The van der Waals surface area contributed by atoms with Gasteiger partial charge in [0.25, 0.3) is 8.32 Å². The van der Waals surface area contributed by atoms with Gasteiger partial charge in [-0.25, -0.2) is 0 Å². The average molecular weight is 409 g/mol. The van der Waals surface area contributed by atoms with E-state index >= 15 is 0 Å². The van der Waals surface area contributed by atoms with Gasteiger partial charge in [0, 0.05) is 0 Å². The van der Waals surface area contributed by atoms with Crippen molar-refractivity contribution in [3.63, 3.8) is 0 Å². The number of hydrogen-bond donors (Lipinski definition) is 0. The fraction of sp³-hybridized carbons (Fsp3) is 0. The molecule has 4 rings (SSSR count). The standard InChI is InChI=1S/C26H24OSi2/c1-2-28(23-15-7-3-8-16-23)27-29(24-17-9-4-10-18-24,25-19-11-5-12-20-25)26-21-13-6-14-22-26/h2-22,28H,1H2. The van der Waals surface area contributed by atoms with E-state index in [4.69, 9.17) is 4.12 Å². The molecule has 4 aromatic carbocycles. The van der Waals surface area contributed by atoms with E-state index in [1.165, 1.54) is 20.7 Å². The van der Waals surface area contributed by atoms with Crippen LogP contribution in [0.2, 0.25) is 0 Å². The second-order valence-corrected chi connectivity index (χ2v) is 13.0. The molecule has 1 nitrogen and oxygen atoms in total. The lowest BCUT2D eigenvalue weighted by Crippen LogP contribution is -2.71. The summed E-state index contributed by atoms with van der Waals surface area (Å²) in [5.41, 5.74) is 2.05. The molecular weight excluding hydrogens is 384 g/mol. The number of rotatable bonds is 7. The first kappa shape index (κ1) is 19.3. The van der Waals surface area contributed by atoms with Crippen LogP contribution < -0.4 is 20.7 Å². The summed E-state index contributed by atoms with van der Waals surface area (Å²) in [6, 6.07) is 42.7. The van der Waals surface area contributed by atoms with Crippen LogP contribution in [0.3, 0.4) is 0 Å². The zero-order valence-corrected chi connectivity index (χ0v) is 18.5. The van der Waals surface area contributed by atoms with Crippen molar-refractivity contribution in [2.24, 2.45) is 0 Å². The van der Waals surface area contributed by atoms with Crippen LogP contribution in [0.1, 0.15) is 0 Å². The van der Waals surface area contributed by atoms with Crippen LogP contribution in [0, 0.1) is 0 Å². The minimum atomic E-state index is -2.70. The first-order valence-electron chi connectivity index (χ1n) is 9.86. The summed E-state index contributed by atoms with van der Waals surface area (Å²) in [6.07, 6.45) is 0. The molecule has 0 spiro atoms. The maximum absolute atomic E-state index is 7.29. The summed E-state index contributed by atoms with van der Waals surface area (Å²) in [4.78, 5) is 0. The van der Waals surface area contributed by atoms with Crippen molar-refractivity contribution in [1.29, 1.82) is 0 Å². The van der Waals surface area contributed by atoms with Gasteiger partial charge in [0.1, 0.15) is 0 Å². The van der Waals surface area contributed by atoms with Gasteiger partial charge in [0.2, 0.25) is 9.04 Å². The van der Waals surface area contributed by atoms with Gasteiger partial charge in [-0.2, -0.15) is 0 Å². The topological polar surface area (TPSA) is 9.23 Å². The monoisotopic (exact) mass is 408 g/mol. The summed E-state index contributed by atoms with van der Waals surface area (Å²) in [5, 5.41) is 5.02. The van der Waals surface area contributed by atoms with Gasteiger partial charge in [-0.05, 0) is 20.7 Å². The largest absolute Gasteiger partial charge is 0.441 e. The lowest BCUT2D eigenvalue weighted by atomic mass is 10.3. The van der Waals surface area contributed by atoms with E-state index in [2.05, 4.69) is 122 Å². The SMILES string of the molecule is C=C[SiH](O[Si](c1ccccc1)(c1ccccc1)c1ccccc1)c1ccccc1. The fourth-order valence-corrected chi connectivity index (χ4v) is 11.8. The molecule has 0 saturated carbocycles. The Bertz CT molecular complexity index is 938. The molecule has 0 aliphatic rings. The summed E-state index contributed by atoms with van der Waals surface area (Å²) >= 11 is 0. The molecular formula is C26H24OSi2. The molecule has 0 fully saturated rings. The second kappa shape index (κ2) is 9.01. The molecule has 0 heterocycles. The van der Waals surface area contributed by atoms with E-state index in [1.54, 1.807) is 0 Å². The molecule has 142 valence electrons.